The Bertz CT molecular complexity index is 1910. The third-order valence-electron chi connectivity index (χ3n) is 10.5. The van der Waals surface area contributed by atoms with Crippen LogP contribution in [-0.4, -0.2) is 7.11 Å². The van der Waals surface area contributed by atoms with Gasteiger partial charge in [-0.3, -0.25) is 0 Å². The molecule has 1 saturated carbocycles. The van der Waals surface area contributed by atoms with Gasteiger partial charge in [-0.25, -0.2) is 0 Å². The second-order valence-electron chi connectivity index (χ2n) is 14.0. The van der Waals surface area contributed by atoms with E-state index >= 15 is 0 Å². The number of hydrogen-bond donors (Lipinski definition) is 0. The van der Waals surface area contributed by atoms with Crippen LogP contribution in [0.3, 0.4) is 0 Å². The summed E-state index contributed by atoms with van der Waals surface area (Å²) in [5.41, 5.74) is 9.90. The molecule has 44 heavy (non-hydrogen) atoms. The standard InChI is InChI=1S/C42H40O2/c1-40(2,3)28-16-18-29(19-17-28)42(30-20-22-31(43-4)23-21-30)27-24-35-38-37(32-12-6-7-13-33(32)39(35)44-42)34-14-8-9-15-36(34)41(38)25-10-5-11-26-41/h6-9,12-24,27H,5,10-11,25-26H2,1-4H3. The van der Waals surface area contributed by atoms with Crippen molar-refractivity contribution < 1.29 is 9.47 Å². The molecule has 0 N–H and O–H groups in total. The van der Waals surface area contributed by atoms with Crippen molar-refractivity contribution in [3.63, 3.8) is 0 Å². The molecule has 8 rings (SSSR count). The van der Waals surface area contributed by atoms with Crippen LogP contribution >= 0.6 is 0 Å². The highest BCUT2D eigenvalue weighted by atomic mass is 16.5. The van der Waals surface area contributed by atoms with E-state index in [9.17, 15) is 0 Å². The summed E-state index contributed by atoms with van der Waals surface area (Å²) in [4.78, 5) is 0. The van der Waals surface area contributed by atoms with Crippen LogP contribution in [0.25, 0.3) is 28.0 Å². The van der Waals surface area contributed by atoms with Gasteiger partial charge in [0.2, 0.25) is 0 Å². The molecule has 1 atom stereocenters. The molecule has 0 radical (unpaired) electrons. The summed E-state index contributed by atoms with van der Waals surface area (Å²) in [7, 11) is 1.72. The molecule has 0 aromatic heterocycles. The van der Waals surface area contributed by atoms with E-state index in [2.05, 4.69) is 118 Å². The maximum atomic E-state index is 7.53. The molecular formula is C42H40O2. The van der Waals surface area contributed by atoms with Crippen LogP contribution < -0.4 is 9.47 Å². The highest BCUT2D eigenvalue weighted by Crippen LogP contribution is 2.62. The lowest BCUT2D eigenvalue weighted by atomic mass is 9.66. The van der Waals surface area contributed by atoms with Crippen LogP contribution in [0.2, 0.25) is 0 Å². The van der Waals surface area contributed by atoms with E-state index in [0.717, 1.165) is 22.6 Å². The van der Waals surface area contributed by atoms with Crippen molar-refractivity contribution >= 4 is 16.8 Å². The van der Waals surface area contributed by atoms with Crippen molar-refractivity contribution in [2.45, 2.75) is 69.3 Å². The van der Waals surface area contributed by atoms with E-state index < -0.39 is 5.60 Å². The van der Waals surface area contributed by atoms with Crippen molar-refractivity contribution in [2.24, 2.45) is 0 Å². The number of fused-ring (bicyclic) bond motifs is 10. The lowest BCUT2D eigenvalue weighted by Gasteiger charge is -2.41. The van der Waals surface area contributed by atoms with Crippen molar-refractivity contribution in [2.75, 3.05) is 7.11 Å². The highest BCUT2D eigenvalue weighted by molar-refractivity contribution is 6.08. The summed E-state index contributed by atoms with van der Waals surface area (Å²) in [5, 5.41) is 2.47. The Morgan fingerprint density at radius 3 is 2.02 bits per heavy atom. The van der Waals surface area contributed by atoms with Crippen LogP contribution in [0.1, 0.15) is 86.3 Å². The smallest absolute Gasteiger partial charge is 0.178 e. The minimum Gasteiger partial charge on any atom is -0.497 e. The van der Waals surface area contributed by atoms with Gasteiger partial charge in [-0.05, 0) is 69.7 Å². The summed E-state index contributed by atoms with van der Waals surface area (Å²) in [6.07, 6.45) is 10.9. The number of methoxy groups -OCH3 is 1. The molecule has 2 aliphatic carbocycles. The zero-order valence-corrected chi connectivity index (χ0v) is 26.2. The predicted molar refractivity (Wildman–Crippen MR) is 182 cm³/mol. The van der Waals surface area contributed by atoms with E-state index in [-0.39, 0.29) is 10.8 Å². The molecule has 0 saturated heterocycles. The van der Waals surface area contributed by atoms with E-state index in [4.69, 9.17) is 9.47 Å². The molecule has 0 amide bonds. The normalized spacial score (nSPS) is 19.7. The zero-order valence-electron chi connectivity index (χ0n) is 26.2. The summed E-state index contributed by atoms with van der Waals surface area (Å²) in [6.45, 7) is 6.79. The van der Waals surface area contributed by atoms with Gasteiger partial charge in [0.1, 0.15) is 11.5 Å². The monoisotopic (exact) mass is 576 g/mol. The van der Waals surface area contributed by atoms with Gasteiger partial charge in [0.25, 0.3) is 0 Å². The van der Waals surface area contributed by atoms with Crippen LogP contribution in [0.5, 0.6) is 11.5 Å². The molecule has 1 aliphatic heterocycles. The molecular weight excluding hydrogens is 536 g/mol. The van der Waals surface area contributed by atoms with Crippen molar-refractivity contribution in [1.82, 2.24) is 0 Å². The maximum Gasteiger partial charge on any atom is 0.178 e. The van der Waals surface area contributed by atoms with Crippen LogP contribution in [-0.2, 0) is 16.4 Å². The Labute approximate surface area is 261 Å². The quantitative estimate of drug-likeness (QED) is 0.213. The fourth-order valence-electron chi connectivity index (χ4n) is 8.33. The molecule has 220 valence electrons. The lowest BCUT2D eigenvalue weighted by molar-refractivity contribution is 0.163. The van der Waals surface area contributed by atoms with Gasteiger partial charge in [0, 0.05) is 27.5 Å². The summed E-state index contributed by atoms with van der Waals surface area (Å²) in [5.74, 6) is 1.84. The first kappa shape index (κ1) is 27.3. The molecule has 5 aromatic rings. The Kier molecular flexibility index (Phi) is 6.11. The maximum absolute atomic E-state index is 7.53. The van der Waals surface area contributed by atoms with Gasteiger partial charge >= 0.3 is 0 Å². The van der Waals surface area contributed by atoms with Crippen LogP contribution in [0, 0.1) is 0 Å². The third kappa shape index (κ3) is 3.86. The Balaban J connectivity index is 1.41. The topological polar surface area (TPSA) is 18.5 Å². The fraction of sp³-hybridized carbons (Fsp3) is 0.286. The van der Waals surface area contributed by atoms with Gasteiger partial charge in [-0.1, -0.05) is 131 Å². The molecule has 1 unspecified atom stereocenters. The van der Waals surface area contributed by atoms with E-state index in [0.29, 0.717) is 0 Å². The summed E-state index contributed by atoms with van der Waals surface area (Å²) in [6, 6.07) is 35.5. The first-order valence-corrected chi connectivity index (χ1v) is 16.2. The number of benzene rings is 5. The SMILES string of the molecule is COc1ccc(C2(c3ccc(C(C)(C)C)cc3)C=Cc3c4c(c5ccccc5c3O2)-c2ccccc2C42CCCCC2)cc1. The Hall–Kier alpha value is -4.30. The van der Waals surface area contributed by atoms with Gasteiger partial charge in [-0.15, -0.1) is 0 Å². The van der Waals surface area contributed by atoms with Crippen molar-refractivity contribution in [3.8, 4) is 22.6 Å². The fourth-order valence-corrected chi connectivity index (χ4v) is 8.33. The summed E-state index contributed by atoms with van der Waals surface area (Å²) < 4.78 is 13.1. The summed E-state index contributed by atoms with van der Waals surface area (Å²) >= 11 is 0. The predicted octanol–water partition coefficient (Wildman–Crippen LogP) is 10.7. The molecule has 0 bridgehead atoms. The zero-order chi connectivity index (χ0) is 30.1. The first-order valence-electron chi connectivity index (χ1n) is 16.2. The second kappa shape index (κ2) is 9.86. The minimum atomic E-state index is -0.780. The van der Waals surface area contributed by atoms with Gasteiger partial charge in [0.05, 0.1) is 7.11 Å². The first-order chi connectivity index (χ1) is 21.4. The van der Waals surface area contributed by atoms with Crippen molar-refractivity contribution in [3.05, 3.63) is 137 Å². The number of rotatable bonds is 3. The largest absolute Gasteiger partial charge is 0.497 e. The van der Waals surface area contributed by atoms with Gasteiger partial charge in [0.15, 0.2) is 5.60 Å². The highest BCUT2D eigenvalue weighted by Gasteiger charge is 2.48. The Morgan fingerprint density at radius 2 is 1.34 bits per heavy atom. The van der Waals surface area contributed by atoms with E-state index in [1.165, 1.54) is 76.3 Å². The lowest BCUT2D eigenvalue weighted by Crippen LogP contribution is -2.36. The molecule has 1 heterocycles. The molecule has 2 heteroatoms. The third-order valence-corrected chi connectivity index (χ3v) is 10.5. The van der Waals surface area contributed by atoms with Gasteiger partial charge in [-0.2, -0.15) is 0 Å². The molecule has 5 aromatic carbocycles. The second-order valence-corrected chi connectivity index (χ2v) is 14.0. The van der Waals surface area contributed by atoms with Crippen molar-refractivity contribution in [1.29, 1.82) is 0 Å². The molecule has 1 spiro atoms. The average Bonchev–Trinajstić information content (AvgIpc) is 3.34. The average molecular weight is 577 g/mol. The van der Waals surface area contributed by atoms with Gasteiger partial charge < -0.3 is 9.47 Å². The molecule has 2 nitrogen and oxygen atoms in total. The minimum absolute atomic E-state index is 0.0282. The number of hydrogen-bond acceptors (Lipinski definition) is 2. The number of ether oxygens (including phenoxy) is 2. The van der Waals surface area contributed by atoms with E-state index in [1.807, 2.05) is 12.1 Å². The van der Waals surface area contributed by atoms with Crippen LogP contribution in [0.4, 0.5) is 0 Å². The molecule has 1 fully saturated rings. The Morgan fingerprint density at radius 1 is 0.705 bits per heavy atom. The van der Waals surface area contributed by atoms with Crippen LogP contribution in [0.15, 0.2) is 103 Å². The van der Waals surface area contributed by atoms with E-state index in [1.54, 1.807) is 7.11 Å². The molecule has 3 aliphatic rings.